The Hall–Kier alpha value is -3.36. The Morgan fingerprint density at radius 1 is 1.06 bits per heavy atom. The average molecular weight is 438 g/mol. The molecule has 1 aliphatic heterocycles. The molecule has 0 radical (unpaired) electrons. The molecule has 8 nitrogen and oxygen atoms in total. The second-order valence-corrected chi connectivity index (χ2v) is 8.03. The van der Waals surface area contributed by atoms with Crippen LogP contribution in [0.25, 0.3) is 11.2 Å². The fraction of sp³-hybridized carbons (Fsp3) is 0.227. The van der Waals surface area contributed by atoms with E-state index in [4.69, 9.17) is 11.6 Å². The summed E-state index contributed by atoms with van der Waals surface area (Å²) in [6, 6.07) is 16.6. The SMILES string of the molecule is Cn1c(=O)n(Cc2ccccc2Cl)c(=O)c2c1nc1n2C[C@@H](O)CN1c1ccccc1. The molecule has 4 aromatic rings. The minimum atomic E-state index is -0.696. The molecule has 0 saturated heterocycles. The van der Waals surface area contributed by atoms with Gasteiger partial charge in [-0.2, -0.15) is 4.98 Å². The number of aromatic nitrogens is 4. The van der Waals surface area contributed by atoms with Crippen LogP contribution in [0, 0.1) is 0 Å². The van der Waals surface area contributed by atoms with Gasteiger partial charge in [0.25, 0.3) is 5.56 Å². The number of para-hydroxylation sites is 1. The van der Waals surface area contributed by atoms with Crippen LogP contribution in [0.15, 0.2) is 64.2 Å². The van der Waals surface area contributed by atoms with Crippen molar-refractivity contribution in [2.45, 2.75) is 19.2 Å². The molecular formula is C22H20ClN5O3. The number of β-amino-alcohol motifs (C(OH)–C–C–N with tert-alkyl or cyclic N) is 1. The van der Waals surface area contributed by atoms with E-state index in [0.29, 0.717) is 23.1 Å². The van der Waals surface area contributed by atoms with Gasteiger partial charge in [0.05, 0.1) is 25.7 Å². The van der Waals surface area contributed by atoms with E-state index in [-0.39, 0.29) is 24.3 Å². The zero-order valence-electron chi connectivity index (χ0n) is 16.8. The van der Waals surface area contributed by atoms with Gasteiger partial charge in [0.2, 0.25) is 5.95 Å². The molecule has 0 saturated carbocycles. The molecule has 3 heterocycles. The molecule has 158 valence electrons. The summed E-state index contributed by atoms with van der Waals surface area (Å²) in [6.07, 6.45) is -0.696. The van der Waals surface area contributed by atoms with Gasteiger partial charge in [-0.15, -0.1) is 0 Å². The Balaban J connectivity index is 1.74. The van der Waals surface area contributed by atoms with Gasteiger partial charge in [-0.25, -0.2) is 4.79 Å². The van der Waals surface area contributed by atoms with Gasteiger partial charge < -0.3 is 14.6 Å². The van der Waals surface area contributed by atoms with Gasteiger partial charge >= 0.3 is 5.69 Å². The highest BCUT2D eigenvalue weighted by Crippen LogP contribution is 2.30. The van der Waals surface area contributed by atoms with Gasteiger partial charge in [0, 0.05) is 17.8 Å². The monoisotopic (exact) mass is 437 g/mol. The summed E-state index contributed by atoms with van der Waals surface area (Å²) in [5.74, 6) is 0.522. The number of rotatable bonds is 3. The van der Waals surface area contributed by atoms with Gasteiger partial charge in [-0.3, -0.25) is 13.9 Å². The summed E-state index contributed by atoms with van der Waals surface area (Å²) in [7, 11) is 1.59. The molecule has 5 rings (SSSR count). The van der Waals surface area contributed by atoms with E-state index < -0.39 is 17.4 Å². The number of fused-ring (bicyclic) bond motifs is 3. The standard InChI is InChI=1S/C22H20ClN5O3/c1-25-19-18(20(30)28(22(25)31)11-14-7-5-6-10-17(14)23)27-13-16(29)12-26(21(27)24-19)15-8-3-2-4-9-15/h2-10,16,29H,11-13H2,1H3/t16-/m0/s1. The lowest BCUT2D eigenvalue weighted by molar-refractivity contribution is 0.154. The summed E-state index contributed by atoms with van der Waals surface area (Å²) in [5, 5.41) is 11.0. The highest BCUT2D eigenvalue weighted by Gasteiger charge is 2.30. The predicted molar refractivity (Wildman–Crippen MR) is 119 cm³/mol. The average Bonchev–Trinajstić information content (AvgIpc) is 3.16. The lowest BCUT2D eigenvalue weighted by Crippen LogP contribution is -2.42. The van der Waals surface area contributed by atoms with Crippen molar-refractivity contribution in [3.8, 4) is 0 Å². The largest absolute Gasteiger partial charge is 0.389 e. The first kappa shape index (κ1) is 19.6. The van der Waals surface area contributed by atoms with Gasteiger partial charge in [0.15, 0.2) is 11.2 Å². The predicted octanol–water partition coefficient (Wildman–Crippen LogP) is 2.11. The maximum atomic E-state index is 13.4. The van der Waals surface area contributed by atoms with Crippen molar-refractivity contribution >= 4 is 34.4 Å². The van der Waals surface area contributed by atoms with Crippen molar-refractivity contribution in [3.05, 3.63) is 86.0 Å². The van der Waals surface area contributed by atoms with Crippen LogP contribution in [-0.2, 0) is 20.1 Å². The molecule has 0 unspecified atom stereocenters. The number of halogens is 1. The molecule has 2 aromatic heterocycles. The Bertz CT molecular complexity index is 1410. The lowest BCUT2D eigenvalue weighted by Gasteiger charge is -2.32. The number of aliphatic hydroxyl groups is 1. The van der Waals surface area contributed by atoms with E-state index in [1.54, 1.807) is 29.8 Å². The zero-order chi connectivity index (χ0) is 21.7. The second kappa shape index (κ2) is 7.40. The fourth-order valence-electron chi connectivity index (χ4n) is 4.07. The normalized spacial score (nSPS) is 16.0. The molecule has 0 amide bonds. The van der Waals surface area contributed by atoms with E-state index in [1.807, 2.05) is 41.3 Å². The Kier molecular flexibility index (Phi) is 4.68. The van der Waals surface area contributed by atoms with Crippen molar-refractivity contribution in [1.29, 1.82) is 0 Å². The molecule has 2 aromatic carbocycles. The van der Waals surface area contributed by atoms with Gasteiger partial charge in [-0.1, -0.05) is 48.0 Å². The van der Waals surface area contributed by atoms with Crippen molar-refractivity contribution < 1.29 is 5.11 Å². The molecule has 0 spiro atoms. The van der Waals surface area contributed by atoms with Crippen molar-refractivity contribution in [2.75, 3.05) is 11.4 Å². The number of aliphatic hydroxyl groups excluding tert-OH is 1. The minimum Gasteiger partial charge on any atom is -0.389 e. The van der Waals surface area contributed by atoms with Crippen LogP contribution in [0.2, 0.25) is 5.02 Å². The van der Waals surface area contributed by atoms with E-state index in [0.717, 1.165) is 10.3 Å². The van der Waals surface area contributed by atoms with Crippen LogP contribution in [0.1, 0.15) is 5.56 Å². The molecule has 1 aliphatic rings. The molecule has 9 heteroatoms. The summed E-state index contributed by atoms with van der Waals surface area (Å²) in [6.45, 7) is 0.608. The van der Waals surface area contributed by atoms with Crippen LogP contribution < -0.4 is 16.1 Å². The van der Waals surface area contributed by atoms with Crippen LogP contribution in [0.3, 0.4) is 0 Å². The molecule has 0 bridgehead atoms. The summed E-state index contributed by atoms with van der Waals surface area (Å²) in [5.41, 5.74) is 1.16. The zero-order valence-corrected chi connectivity index (χ0v) is 17.5. The third kappa shape index (κ3) is 3.15. The summed E-state index contributed by atoms with van der Waals surface area (Å²) < 4.78 is 4.22. The van der Waals surface area contributed by atoms with Crippen molar-refractivity contribution in [1.82, 2.24) is 18.7 Å². The quantitative estimate of drug-likeness (QED) is 0.530. The number of hydrogen-bond acceptors (Lipinski definition) is 5. The minimum absolute atomic E-state index is 0.0482. The highest BCUT2D eigenvalue weighted by molar-refractivity contribution is 6.31. The van der Waals surface area contributed by atoms with Crippen LogP contribution in [-0.4, -0.2) is 36.4 Å². The molecule has 0 fully saturated rings. The topological polar surface area (TPSA) is 85.3 Å². The van der Waals surface area contributed by atoms with E-state index in [1.165, 1.54) is 4.57 Å². The maximum absolute atomic E-state index is 13.4. The van der Waals surface area contributed by atoms with Crippen LogP contribution in [0.4, 0.5) is 11.6 Å². The van der Waals surface area contributed by atoms with Gasteiger partial charge in [0.1, 0.15) is 0 Å². The molecule has 1 atom stereocenters. The number of anilines is 2. The number of imidazole rings is 1. The first-order chi connectivity index (χ1) is 15.0. The lowest BCUT2D eigenvalue weighted by atomic mass is 10.2. The van der Waals surface area contributed by atoms with E-state index >= 15 is 0 Å². The van der Waals surface area contributed by atoms with Crippen LogP contribution in [0.5, 0.6) is 0 Å². The van der Waals surface area contributed by atoms with Gasteiger partial charge in [-0.05, 0) is 23.8 Å². The number of hydrogen-bond donors (Lipinski definition) is 1. The maximum Gasteiger partial charge on any atom is 0.332 e. The first-order valence-corrected chi connectivity index (χ1v) is 10.3. The smallest absolute Gasteiger partial charge is 0.332 e. The Labute approximate surface area is 182 Å². The van der Waals surface area contributed by atoms with Crippen molar-refractivity contribution in [2.24, 2.45) is 7.05 Å². The number of nitrogens with zero attached hydrogens (tertiary/aromatic N) is 5. The Morgan fingerprint density at radius 3 is 2.52 bits per heavy atom. The first-order valence-electron chi connectivity index (χ1n) is 9.90. The summed E-state index contributed by atoms with van der Waals surface area (Å²) in [4.78, 5) is 33.0. The molecule has 1 N–H and O–H groups in total. The van der Waals surface area contributed by atoms with E-state index in [2.05, 4.69) is 4.98 Å². The van der Waals surface area contributed by atoms with Crippen LogP contribution >= 0.6 is 11.6 Å². The summed E-state index contributed by atoms with van der Waals surface area (Å²) >= 11 is 6.26. The molecular weight excluding hydrogens is 418 g/mol. The Morgan fingerprint density at radius 2 is 1.77 bits per heavy atom. The third-order valence-electron chi connectivity index (χ3n) is 5.59. The number of benzene rings is 2. The number of aryl methyl sites for hydroxylation is 1. The molecule has 0 aliphatic carbocycles. The second-order valence-electron chi connectivity index (χ2n) is 7.62. The molecule has 31 heavy (non-hydrogen) atoms. The van der Waals surface area contributed by atoms with Crippen molar-refractivity contribution in [3.63, 3.8) is 0 Å². The third-order valence-corrected chi connectivity index (χ3v) is 5.96. The van der Waals surface area contributed by atoms with E-state index in [9.17, 15) is 14.7 Å². The fourth-order valence-corrected chi connectivity index (χ4v) is 4.26. The highest BCUT2D eigenvalue weighted by atomic mass is 35.5.